The molecule has 0 saturated heterocycles. The normalized spacial score (nSPS) is 14.1. The van der Waals surface area contributed by atoms with E-state index in [1.807, 2.05) is 24.3 Å². The van der Waals surface area contributed by atoms with E-state index in [9.17, 15) is 0 Å². The zero-order valence-corrected chi connectivity index (χ0v) is 7.96. The van der Waals surface area contributed by atoms with Crippen molar-refractivity contribution in [2.24, 2.45) is 0 Å². The lowest BCUT2D eigenvalue weighted by molar-refractivity contribution is 1.47. The van der Waals surface area contributed by atoms with Crippen LogP contribution >= 0.6 is 0 Å². The van der Waals surface area contributed by atoms with Gasteiger partial charge in [0.2, 0.25) is 0 Å². The standard InChI is InChI=1S/C12H13B/c1-3-10(2)12-7-5-4-6-11(12)8-9-13/h3-8H,1,9H2,2H3/b11-8-,12-10-. The summed E-state index contributed by atoms with van der Waals surface area (Å²) in [6.45, 7) is 5.81. The predicted octanol–water partition coefficient (Wildman–Crippen LogP) is 1.41. The van der Waals surface area contributed by atoms with Gasteiger partial charge in [-0.25, -0.2) is 0 Å². The van der Waals surface area contributed by atoms with Crippen LogP contribution in [0.25, 0.3) is 11.6 Å². The molecule has 0 amide bonds. The summed E-state index contributed by atoms with van der Waals surface area (Å²) in [7, 11) is 5.48. The molecule has 1 heteroatoms. The van der Waals surface area contributed by atoms with Crippen LogP contribution in [0.1, 0.15) is 6.92 Å². The fourth-order valence-electron chi connectivity index (χ4n) is 1.27. The molecule has 0 atom stereocenters. The fraction of sp³-hybridized carbons (Fsp3) is 0.167. The molecule has 0 aliphatic rings. The highest BCUT2D eigenvalue weighted by atomic mass is 13.9. The molecule has 1 aromatic rings. The Hall–Kier alpha value is -1.24. The second-order valence-electron chi connectivity index (χ2n) is 2.91. The zero-order chi connectivity index (χ0) is 9.68. The summed E-state index contributed by atoms with van der Waals surface area (Å²) >= 11 is 0. The maximum absolute atomic E-state index is 5.48. The fourth-order valence-corrected chi connectivity index (χ4v) is 1.27. The van der Waals surface area contributed by atoms with Crippen molar-refractivity contribution >= 4 is 19.5 Å². The van der Waals surface area contributed by atoms with Crippen LogP contribution < -0.4 is 10.4 Å². The predicted molar refractivity (Wildman–Crippen MR) is 60.0 cm³/mol. The van der Waals surface area contributed by atoms with E-state index in [2.05, 4.69) is 25.6 Å². The average molecular weight is 168 g/mol. The molecule has 0 saturated carbocycles. The van der Waals surface area contributed by atoms with E-state index < -0.39 is 0 Å². The van der Waals surface area contributed by atoms with Gasteiger partial charge >= 0.3 is 0 Å². The van der Waals surface area contributed by atoms with E-state index >= 15 is 0 Å². The SMILES string of the molecule is [B]C/C=c1/cccc/c1=C(\C)C=C. The molecule has 64 valence electrons. The first kappa shape index (κ1) is 9.85. The van der Waals surface area contributed by atoms with Gasteiger partial charge in [-0.1, -0.05) is 49.3 Å². The van der Waals surface area contributed by atoms with Crippen LogP contribution in [0.2, 0.25) is 6.32 Å². The van der Waals surface area contributed by atoms with Crippen molar-refractivity contribution in [2.45, 2.75) is 13.2 Å². The smallest absolute Gasteiger partial charge is 0.0708 e. The van der Waals surface area contributed by atoms with Crippen LogP contribution in [0.15, 0.2) is 36.9 Å². The van der Waals surface area contributed by atoms with Gasteiger partial charge in [0.15, 0.2) is 0 Å². The van der Waals surface area contributed by atoms with Crippen LogP contribution in [-0.2, 0) is 0 Å². The molecule has 0 spiro atoms. The number of benzene rings is 1. The van der Waals surface area contributed by atoms with Crippen LogP contribution in [-0.4, -0.2) is 7.85 Å². The van der Waals surface area contributed by atoms with Gasteiger partial charge in [0.25, 0.3) is 0 Å². The van der Waals surface area contributed by atoms with Crippen LogP contribution in [0, 0.1) is 0 Å². The van der Waals surface area contributed by atoms with Gasteiger partial charge in [-0.3, -0.25) is 0 Å². The Morgan fingerprint density at radius 3 is 2.77 bits per heavy atom. The Kier molecular flexibility index (Phi) is 3.57. The van der Waals surface area contributed by atoms with E-state index in [-0.39, 0.29) is 0 Å². The molecule has 0 fully saturated rings. The van der Waals surface area contributed by atoms with Crippen molar-refractivity contribution in [1.29, 1.82) is 0 Å². The Labute approximate surface area is 80.7 Å². The largest absolute Gasteiger partial charge is 0.0988 e. The molecule has 0 unspecified atom stereocenters. The molecule has 0 aliphatic heterocycles. The van der Waals surface area contributed by atoms with Crippen molar-refractivity contribution < 1.29 is 0 Å². The monoisotopic (exact) mass is 168 g/mol. The third kappa shape index (κ3) is 2.35. The van der Waals surface area contributed by atoms with Gasteiger partial charge in [-0.15, -0.1) is 0 Å². The van der Waals surface area contributed by atoms with Gasteiger partial charge in [0.05, 0.1) is 7.85 Å². The summed E-state index contributed by atoms with van der Waals surface area (Å²) in [6.07, 6.45) is 4.45. The second-order valence-corrected chi connectivity index (χ2v) is 2.91. The quantitative estimate of drug-likeness (QED) is 0.585. The Morgan fingerprint density at radius 1 is 1.46 bits per heavy atom. The molecule has 1 aromatic carbocycles. The van der Waals surface area contributed by atoms with E-state index in [1.54, 1.807) is 0 Å². The van der Waals surface area contributed by atoms with Gasteiger partial charge < -0.3 is 0 Å². The lowest BCUT2D eigenvalue weighted by Gasteiger charge is -1.94. The van der Waals surface area contributed by atoms with Crippen LogP contribution in [0.5, 0.6) is 0 Å². The number of allylic oxidation sites excluding steroid dienone is 1. The summed E-state index contributed by atoms with van der Waals surface area (Å²) in [4.78, 5) is 0. The number of hydrogen-bond acceptors (Lipinski definition) is 0. The Bertz CT molecular complexity index is 401. The molecule has 0 bridgehead atoms. The molecule has 0 aliphatic carbocycles. The van der Waals surface area contributed by atoms with Crippen molar-refractivity contribution in [3.63, 3.8) is 0 Å². The molecule has 0 aromatic heterocycles. The van der Waals surface area contributed by atoms with Crippen LogP contribution in [0.4, 0.5) is 0 Å². The lowest BCUT2D eigenvalue weighted by atomic mass is 10.0. The second kappa shape index (κ2) is 4.71. The van der Waals surface area contributed by atoms with Gasteiger partial charge in [-0.05, 0) is 22.9 Å². The van der Waals surface area contributed by atoms with Gasteiger partial charge in [0, 0.05) is 0 Å². The molecule has 0 heterocycles. The van der Waals surface area contributed by atoms with E-state index in [0.29, 0.717) is 6.32 Å². The van der Waals surface area contributed by atoms with Crippen LogP contribution in [0.3, 0.4) is 0 Å². The molecule has 0 N–H and O–H groups in total. The van der Waals surface area contributed by atoms with Gasteiger partial charge in [0.1, 0.15) is 0 Å². The Morgan fingerprint density at radius 2 is 2.15 bits per heavy atom. The zero-order valence-electron chi connectivity index (χ0n) is 7.96. The van der Waals surface area contributed by atoms with Crippen molar-refractivity contribution in [3.8, 4) is 0 Å². The third-order valence-electron chi connectivity index (χ3n) is 2.03. The highest BCUT2D eigenvalue weighted by Crippen LogP contribution is 1.88. The summed E-state index contributed by atoms with van der Waals surface area (Å²) in [6, 6.07) is 8.19. The van der Waals surface area contributed by atoms with Crippen molar-refractivity contribution in [3.05, 3.63) is 47.4 Å². The molecule has 1 rings (SSSR count). The number of rotatable bonds is 2. The maximum Gasteiger partial charge on any atom is 0.0708 e. The molecule has 0 nitrogen and oxygen atoms in total. The first-order chi connectivity index (χ1) is 6.29. The molecular weight excluding hydrogens is 155 g/mol. The van der Waals surface area contributed by atoms with E-state index in [1.165, 1.54) is 16.0 Å². The molecular formula is C12H13B. The summed E-state index contributed by atoms with van der Waals surface area (Å²) in [5.74, 6) is 0. The summed E-state index contributed by atoms with van der Waals surface area (Å²) in [5, 5.41) is 2.39. The highest BCUT2D eigenvalue weighted by Gasteiger charge is 1.86. The van der Waals surface area contributed by atoms with Crippen molar-refractivity contribution in [1.82, 2.24) is 0 Å². The maximum atomic E-state index is 5.48. The minimum Gasteiger partial charge on any atom is -0.0988 e. The number of hydrogen-bond donors (Lipinski definition) is 0. The van der Waals surface area contributed by atoms with E-state index in [0.717, 1.165) is 0 Å². The minimum atomic E-state index is 0.571. The summed E-state index contributed by atoms with van der Waals surface area (Å²) < 4.78 is 0. The Balaban J connectivity index is 3.55. The topological polar surface area (TPSA) is 0 Å². The van der Waals surface area contributed by atoms with Crippen molar-refractivity contribution in [2.75, 3.05) is 0 Å². The first-order valence-corrected chi connectivity index (χ1v) is 4.38. The lowest BCUT2D eigenvalue weighted by Crippen LogP contribution is -2.25. The third-order valence-corrected chi connectivity index (χ3v) is 2.03. The van der Waals surface area contributed by atoms with E-state index in [4.69, 9.17) is 7.85 Å². The average Bonchev–Trinajstić information content (AvgIpc) is 2.18. The molecule has 2 radical (unpaired) electrons. The van der Waals surface area contributed by atoms with Gasteiger partial charge in [-0.2, -0.15) is 0 Å². The summed E-state index contributed by atoms with van der Waals surface area (Å²) in [5.41, 5.74) is 1.18. The highest BCUT2D eigenvalue weighted by molar-refractivity contribution is 6.11. The first-order valence-electron chi connectivity index (χ1n) is 4.38. The molecule has 13 heavy (non-hydrogen) atoms. The minimum absolute atomic E-state index is 0.571.